The maximum atomic E-state index is 13.4. The van der Waals surface area contributed by atoms with Gasteiger partial charge in [-0.15, -0.1) is 0 Å². The van der Waals surface area contributed by atoms with E-state index in [9.17, 15) is 23.2 Å². The molecule has 1 heterocycles. The van der Waals surface area contributed by atoms with Gasteiger partial charge in [0.05, 0.1) is 6.04 Å². The van der Waals surface area contributed by atoms with Gasteiger partial charge in [0, 0.05) is 0 Å². The summed E-state index contributed by atoms with van der Waals surface area (Å²) in [5.74, 6) is -2.31. The lowest BCUT2D eigenvalue weighted by Gasteiger charge is -2.34. The van der Waals surface area contributed by atoms with Crippen LogP contribution in [0.2, 0.25) is 0 Å². The number of hydrogen-bond acceptors (Lipinski definition) is 3. The van der Waals surface area contributed by atoms with E-state index in [0.717, 1.165) is 36.3 Å². The van der Waals surface area contributed by atoms with Crippen molar-refractivity contribution in [3.8, 4) is 0 Å². The van der Waals surface area contributed by atoms with Crippen LogP contribution in [0, 0.1) is 17.6 Å². The Morgan fingerprint density at radius 3 is 2.57 bits per heavy atom. The van der Waals surface area contributed by atoms with Crippen LogP contribution < -0.4 is 10.6 Å². The molecular formula is C20H25F2N3O3. The molecule has 6 nitrogen and oxygen atoms in total. The summed E-state index contributed by atoms with van der Waals surface area (Å²) in [4.78, 5) is 38.4. The predicted octanol–water partition coefficient (Wildman–Crippen LogP) is 3.03. The number of nitrogens with zero attached hydrogens (tertiary/aromatic N) is 1. The minimum absolute atomic E-state index is 0.359. The molecule has 4 amide bonds. The third-order valence-corrected chi connectivity index (χ3v) is 5.90. The minimum atomic E-state index is -1.00. The Morgan fingerprint density at radius 2 is 1.96 bits per heavy atom. The number of halogens is 2. The summed E-state index contributed by atoms with van der Waals surface area (Å²) in [7, 11) is 0. The van der Waals surface area contributed by atoms with Crippen molar-refractivity contribution >= 4 is 17.8 Å². The summed E-state index contributed by atoms with van der Waals surface area (Å²) in [6, 6.07) is 2.21. The number of nitrogens with one attached hydrogen (secondary N) is 2. The molecule has 1 aromatic rings. The largest absolute Gasteiger partial charge is 0.348 e. The van der Waals surface area contributed by atoms with E-state index in [4.69, 9.17) is 0 Å². The number of carbonyl (C=O) groups is 3. The fourth-order valence-electron chi connectivity index (χ4n) is 4.03. The standard InChI is InChI=1S/C20H25F2N3O3/c1-3-13-6-8-20(9-7-13)18(27)25(19(28)24-20)11-17(26)23-12(2)14-4-5-15(21)16(22)10-14/h4-5,10,12-13H,3,6-9,11H2,1-2H3,(H,23,26)(H,24,28). The molecule has 1 unspecified atom stereocenters. The molecule has 1 aliphatic carbocycles. The molecule has 0 radical (unpaired) electrons. The first-order valence-electron chi connectivity index (χ1n) is 9.64. The second-order valence-electron chi connectivity index (χ2n) is 7.72. The summed E-state index contributed by atoms with van der Waals surface area (Å²) >= 11 is 0. The van der Waals surface area contributed by atoms with E-state index in [-0.39, 0.29) is 5.91 Å². The fraction of sp³-hybridized carbons (Fsp3) is 0.550. The third kappa shape index (κ3) is 3.86. The average Bonchev–Trinajstić information content (AvgIpc) is 2.88. The van der Waals surface area contributed by atoms with Crippen LogP contribution in [0.5, 0.6) is 0 Å². The Balaban J connectivity index is 1.61. The first kappa shape index (κ1) is 20.2. The van der Waals surface area contributed by atoms with Crippen LogP contribution >= 0.6 is 0 Å². The number of urea groups is 1. The fourth-order valence-corrected chi connectivity index (χ4v) is 4.03. The van der Waals surface area contributed by atoms with Crippen molar-refractivity contribution in [3.05, 3.63) is 35.4 Å². The van der Waals surface area contributed by atoms with Crippen molar-refractivity contribution in [3.63, 3.8) is 0 Å². The maximum Gasteiger partial charge on any atom is 0.325 e. The van der Waals surface area contributed by atoms with Crippen molar-refractivity contribution in [2.75, 3.05) is 6.54 Å². The van der Waals surface area contributed by atoms with Crippen molar-refractivity contribution in [2.24, 2.45) is 5.92 Å². The molecule has 1 saturated heterocycles. The lowest BCUT2D eigenvalue weighted by Crippen LogP contribution is -2.50. The number of benzene rings is 1. The summed E-state index contributed by atoms with van der Waals surface area (Å²) in [6.45, 7) is 3.32. The SMILES string of the molecule is CCC1CCC2(CC1)NC(=O)N(CC(=O)NC(C)c1ccc(F)c(F)c1)C2=O. The van der Waals surface area contributed by atoms with E-state index in [1.807, 2.05) is 0 Å². The van der Waals surface area contributed by atoms with E-state index in [1.165, 1.54) is 6.07 Å². The summed E-state index contributed by atoms with van der Waals surface area (Å²) in [5.41, 5.74) is -0.506. The van der Waals surface area contributed by atoms with Crippen LogP contribution in [0.1, 0.15) is 57.6 Å². The number of hydrogen-bond donors (Lipinski definition) is 2. The van der Waals surface area contributed by atoms with Gasteiger partial charge >= 0.3 is 6.03 Å². The number of amides is 4. The van der Waals surface area contributed by atoms with Crippen LogP contribution in [0.3, 0.4) is 0 Å². The van der Waals surface area contributed by atoms with E-state index < -0.39 is 41.7 Å². The van der Waals surface area contributed by atoms with Crippen molar-refractivity contribution in [1.82, 2.24) is 15.5 Å². The molecular weight excluding hydrogens is 368 g/mol. The summed E-state index contributed by atoms with van der Waals surface area (Å²) in [6.07, 6.45) is 3.95. The molecule has 3 rings (SSSR count). The second-order valence-corrected chi connectivity index (χ2v) is 7.72. The second kappa shape index (κ2) is 7.85. The van der Waals surface area contributed by atoms with E-state index in [1.54, 1.807) is 6.92 Å². The minimum Gasteiger partial charge on any atom is -0.348 e. The van der Waals surface area contributed by atoms with E-state index in [2.05, 4.69) is 17.6 Å². The Morgan fingerprint density at radius 1 is 1.29 bits per heavy atom. The van der Waals surface area contributed by atoms with E-state index >= 15 is 0 Å². The molecule has 2 aliphatic rings. The van der Waals surface area contributed by atoms with Gasteiger partial charge in [0.25, 0.3) is 5.91 Å². The van der Waals surface area contributed by atoms with Gasteiger partial charge in [-0.2, -0.15) is 0 Å². The lowest BCUT2D eigenvalue weighted by atomic mass is 9.75. The molecule has 1 saturated carbocycles. The van der Waals surface area contributed by atoms with Gasteiger partial charge in [-0.1, -0.05) is 19.4 Å². The average molecular weight is 393 g/mol. The maximum absolute atomic E-state index is 13.4. The molecule has 0 bridgehead atoms. The highest BCUT2D eigenvalue weighted by atomic mass is 19.2. The summed E-state index contributed by atoms with van der Waals surface area (Å²) < 4.78 is 26.4. The Kier molecular flexibility index (Phi) is 5.67. The highest BCUT2D eigenvalue weighted by Gasteiger charge is 2.52. The van der Waals surface area contributed by atoms with Crippen molar-refractivity contribution in [2.45, 2.75) is 57.5 Å². The molecule has 8 heteroatoms. The van der Waals surface area contributed by atoms with Crippen LogP contribution in [0.4, 0.5) is 13.6 Å². The lowest BCUT2D eigenvalue weighted by molar-refractivity contribution is -0.136. The molecule has 2 N–H and O–H groups in total. The number of imide groups is 1. The normalized spacial score (nSPS) is 25.7. The monoisotopic (exact) mass is 393 g/mol. The molecule has 1 atom stereocenters. The smallest absolute Gasteiger partial charge is 0.325 e. The highest BCUT2D eigenvalue weighted by molar-refractivity contribution is 6.09. The molecule has 2 fully saturated rings. The van der Waals surface area contributed by atoms with Gasteiger partial charge in [0.2, 0.25) is 5.91 Å². The third-order valence-electron chi connectivity index (χ3n) is 5.90. The first-order chi connectivity index (χ1) is 13.3. The Bertz CT molecular complexity index is 791. The molecule has 28 heavy (non-hydrogen) atoms. The molecule has 152 valence electrons. The quantitative estimate of drug-likeness (QED) is 0.755. The van der Waals surface area contributed by atoms with E-state index in [0.29, 0.717) is 24.3 Å². The van der Waals surface area contributed by atoms with Gasteiger partial charge in [-0.25, -0.2) is 13.6 Å². The summed E-state index contributed by atoms with van der Waals surface area (Å²) in [5, 5.41) is 5.40. The van der Waals surface area contributed by atoms with Gasteiger partial charge < -0.3 is 10.6 Å². The van der Waals surface area contributed by atoms with Gasteiger partial charge in [0.15, 0.2) is 11.6 Å². The van der Waals surface area contributed by atoms with Gasteiger partial charge in [-0.05, 0) is 56.2 Å². The van der Waals surface area contributed by atoms with Crippen molar-refractivity contribution < 1.29 is 23.2 Å². The zero-order valence-corrected chi connectivity index (χ0v) is 16.1. The molecule has 1 aliphatic heterocycles. The highest BCUT2D eigenvalue weighted by Crippen LogP contribution is 2.37. The predicted molar refractivity (Wildman–Crippen MR) is 98.1 cm³/mol. The zero-order chi connectivity index (χ0) is 20.5. The molecule has 1 aromatic carbocycles. The van der Waals surface area contributed by atoms with Crippen LogP contribution in [0.15, 0.2) is 18.2 Å². The number of rotatable bonds is 5. The zero-order valence-electron chi connectivity index (χ0n) is 16.1. The Hall–Kier alpha value is -2.51. The molecule has 1 spiro atoms. The van der Waals surface area contributed by atoms with Crippen molar-refractivity contribution in [1.29, 1.82) is 0 Å². The van der Waals surface area contributed by atoms with Crippen LogP contribution in [-0.2, 0) is 9.59 Å². The Labute approximate surface area is 162 Å². The first-order valence-corrected chi connectivity index (χ1v) is 9.64. The van der Waals surface area contributed by atoms with Gasteiger partial charge in [0.1, 0.15) is 12.1 Å². The van der Waals surface area contributed by atoms with Gasteiger partial charge in [-0.3, -0.25) is 14.5 Å². The topological polar surface area (TPSA) is 78.5 Å². The number of carbonyl (C=O) groups excluding carboxylic acids is 3. The molecule has 0 aromatic heterocycles. The van der Waals surface area contributed by atoms with Crippen LogP contribution in [-0.4, -0.2) is 34.8 Å². The van der Waals surface area contributed by atoms with Crippen LogP contribution in [0.25, 0.3) is 0 Å².